The monoisotopic (exact) mass is 302 g/mol. The minimum atomic E-state index is -0.600. The Hall–Kier alpha value is -1.36. The van der Waals surface area contributed by atoms with Gasteiger partial charge in [0.25, 0.3) is 0 Å². The summed E-state index contributed by atoms with van der Waals surface area (Å²) in [4.78, 5) is 13.9. The Balaban J connectivity index is 2.62. The standard InChI is InChI=1S/C11H5Cl3N2O2/c12-8-3-1-2-7(10(8)13)6-4-9(16(17)18)11(14)15-5-6/h1-5H. The Kier molecular flexibility index (Phi) is 3.71. The van der Waals surface area contributed by atoms with E-state index in [0.29, 0.717) is 21.2 Å². The molecule has 0 bridgehead atoms. The van der Waals surface area contributed by atoms with Crippen LogP contribution in [-0.2, 0) is 0 Å². The largest absolute Gasteiger partial charge is 0.307 e. The Morgan fingerprint density at radius 1 is 1.22 bits per heavy atom. The van der Waals surface area contributed by atoms with E-state index in [2.05, 4.69) is 4.98 Å². The van der Waals surface area contributed by atoms with Crippen molar-refractivity contribution in [2.45, 2.75) is 0 Å². The van der Waals surface area contributed by atoms with E-state index in [9.17, 15) is 10.1 Å². The van der Waals surface area contributed by atoms with Gasteiger partial charge in [-0.25, -0.2) is 4.98 Å². The molecule has 92 valence electrons. The number of hydrogen-bond donors (Lipinski definition) is 0. The summed E-state index contributed by atoms with van der Waals surface area (Å²) < 4.78 is 0. The minimum Gasteiger partial charge on any atom is -0.258 e. The maximum atomic E-state index is 10.8. The lowest BCUT2D eigenvalue weighted by molar-refractivity contribution is -0.385. The third-order valence-corrected chi connectivity index (χ3v) is 3.39. The number of hydrogen-bond acceptors (Lipinski definition) is 3. The summed E-state index contributed by atoms with van der Waals surface area (Å²) in [6.45, 7) is 0. The van der Waals surface area contributed by atoms with E-state index in [4.69, 9.17) is 34.8 Å². The first-order valence-electron chi connectivity index (χ1n) is 4.75. The fourth-order valence-electron chi connectivity index (χ4n) is 1.44. The van der Waals surface area contributed by atoms with Crippen LogP contribution in [0.4, 0.5) is 5.69 Å². The number of aromatic nitrogens is 1. The van der Waals surface area contributed by atoms with Crippen LogP contribution in [0.25, 0.3) is 11.1 Å². The van der Waals surface area contributed by atoms with Crippen LogP contribution in [0.2, 0.25) is 15.2 Å². The summed E-state index contributed by atoms with van der Waals surface area (Å²) in [5.74, 6) is 0. The molecule has 4 nitrogen and oxygen atoms in total. The molecule has 0 amide bonds. The second-order valence-electron chi connectivity index (χ2n) is 3.39. The lowest BCUT2D eigenvalue weighted by Gasteiger charge is -2.05. The molecule has 0 unspecified atom stereocenters. The first-order valence-corrected chi connectivity index (χ1v) is 5.88. The SMILES string of the molecule is O=[N+]([O-])c1cc(-c2cccc(Cl)c2Cl)cnc1Cl. The maximum absolute atomic E-state index is 10.8. The molecule has 2 rings (SSSR count). The second kappa shape index (κ2) is 5.10. The highest BCUT2D eigenvalue weighted by Crippen LogP contribution is 2.35. The van der Waals surface area contributed by atoms with Gasteiger partial charge >= 0.3 is 5.69 Å². The van der Waals surface area contributed by atoms with Crippen molar-refractivity contribution in [3.05, 3.63) is 55.8 Å². The summed E-state index contributed by atoms with van der Waals surface area (Å²) in [6.07, 6.45) is 1.41. The van der Waals surface area contributed by atoms with E-state index in [-0.39, 0.29) is 10.8 Å². The average molecular weight is 304 g/mol. The number of nitrogens with zero attached hydrogens (tertiary/aromatic N) is 2. The van der Waals surface area contributed by atoms with Crippen molar-refractivity contribution in [1.82, 2.24) is 4.98 Å². The quantitative estimate of drug-likeness (QED) is 0.462. The van der Waals surface area contributed by atoms with E-state index in [1.807, 2.05) is 0 Å². The van der Waals surface area contributed by atoms with Crippen molar-refractivity contribution >= 4 is 40.5 Å². The molecular weight excluding hydrogens is 298 g/mol. The Morgan fingerprint density at radius 2 is 1.94 bits per heavy atom. The zero-order valence-corrected chi connectivity index (χ0v) is 11.0. The zero-order valence-electron chi connectivity index (χ0n) is 8.73. The number of rotatable bonds is 2. The first kappa shape index (κ1) is 13.1. The van der Waals surface area contributed by atoms with Gasteiger partial charge < -0.3 is 0 Å². The van der Waals surface area contributed by atoms with Crippen LogP contribution in [0.5, 0.6) is 0 Å². The molecule has 0 saturated carbocycles. The number of halogens is 3. The van der Waals surface area contributed by atoms with Crippen LogP contribution >= 0.6 is 34.8 Å². The topological polar surface area (TPSA) is 56.0 Å². The maximum Gasteiger partial charge on any atom is 0.307 e. The highest BCUT2D eigenvalue weighted by molar-refractivity contribution is 6.43. The lowest BCUT2D eigenvalue weighted by atomic mass is 10.1. The van der Waals surface area contributed by atoms with Crippen molar-refractivity contribution in [2.75, 3.05) is 0 Å². The number of benzene rings is 1. The van der Waals surface area contributed by atoms with Crippen molar-refractivity contribution in [2.24, 2.45) is 0 Å². The molecule has 0 radical (unpaired) electrons. The van der Waals surface area contributed by atoms with Crippen molar-refractivity contribution < 1.29 is 4.92 Å². The summed E-state index contributed by atoms with van der Waals surface area (Å²) in [7, 11) is 0. The molecule has 0 aliphatic rings. The van der Waals surface area contributed by atoms with Gasteiger partial charge in [-0.15, -0.1) is 0 Å². The Labute approximate surface area is 117 Å². The molecule has 7 heteroatoms. The van der Waals surface area contributed by atoms with Gasteiger partial charge in [0, 0.05) is 23.4 Å². The third-order valence-electron chi connectivity index (χ3n) is 2.28. The van der Waals surface area contributed by atoms with E-state index >= 15 is 0 Å². The predicted octanol–water partition coefficient (Wildman–Crippen LogP) is 4.62. The Morgan fingerprint density at radius 3 is 2.61 bits per heavy atom. The van der Waals surface area contributed by atoms with Gasteiger partial charge in [-0.1, -0.05) is 46.9 Å². The molecule has 0 aliphatic carbocycles. The average Bonchev–Trinajstić information content (AvgIpc) is 2.33. The molecular formula is C11H5Cl3N2O2. The highest BCUT2D eigenvalue weighted by Gasteiger charge is 2.16. The van der Waals surface area contributed by atoms with Gasteiger partial charge in [0.2, 0.25) is 5.15 Å². The Bertz CT molecular complexity index is 632. The van der Waals surface area contributed by atoms with Crippen LogP contribution in [-0.4, -0.2) is 9.91 Å². The normalized spacial score (nSPS) is 10.4. The highest BCUT2D eigenvalue weighted by atomic mass is 35.5. The molecule has 18 heavy (non-hydrogen) atoms. The lowest BCUT2D eigenvalue weighted by Crippen LogP contribution is -1.92. The zero-order chi connectivity index (χ0) is 13.3. The third kappa shape index (κ3) is 2.41. The molecule has 0 N–H and O–H groups in total. The van der Waals surface area contributed by atoms with Gasteiger partial charge in [-0.3, -0.25) is 10.1 Å². The van der Waals surface area contributed by atoms with Gasteiger partial charge in [0.1, 0.15) is 0 Å². The number of nitro groups is 1. The summed E-state index contributed by atoms with van der Waals surface area (Å²) >= 11 is 17.6. The van der Waals surface area contributed by atoms with E-state index in [1.54, 1.807) is 18.2 Å². The first-order chi connectivity index (χ1) is 8.50. The van der Waals surface area contributed by atoms with E-state index < -0.39 is 4.92 Å². The van der Waals surface area contributed by atoms with Crippen molar-refractivity contribution in [3.63, 3.8) is 0 Å². The van der Waals surface area contributed by atoms with Crippen LogP contribution in [0.3, 0.4) is 0 Å². The molecule has 0 fully saturated rings. The fraction of sp³-hybridized carbons (Fsp3) is 0. The molecule has 0 aliphatic heterocycles. The van der Waals surface area contributed by atoms with Gasteiger partial charge in [0.15, 0.2) is 0 Å². The van der Waals surface area contributed by atoms with Crippen molar-refractivity contribution in [3.8, 4) is 11.1 Å². The molecule has 0 spiro atoms. The fourth-order valence-corrected chi connectivity index (χ4v) is 2.02. The van der Waals surface area contributed by atoms with E-state index in [0.717, 1.165) is 0 Å². The van der Waals surface area contributed by atoms with Crippen LogP contribution < -0.4 is 0 Å². The predicted molar refractivity (Wildman–Crippen MR) is 71.4 cm³/mol. The molecule has 2 aromatic rings. The number of pyridine rings is 1. The molecule has 0 saturated heterocycles. The molecule has 1 aromatic heterocycles. The molecule has 1 aromatic carbocycles. The summed E-state index contributed by atoms with van der Waals surface area (Å²) in [5, 5.41) is 11.3. The van der Waals surface area contributed by atoms with Crippen LogP contribution in [0, 0.1) is 10.1 Å². The smallest absolute Gasteiger partial charge is 0.258 e. The molecule has 1 heterocycles. The second-order valence-corrected chi connectivity index (χ2v) is 4.54. The summed E-state index contributed by atoms with van der Waals surface area (Å²) in [6, 6.07) is 6.34. The minimum absolute atomic E-state index is 0.165. The van der Waals surface area contributed by atoms with Gasteiger partial charge in [0.05, 0.1) is 15.0 Å². The summed E-state index contributed by atoms with van der Waals surface area (Å²) in [5.41, 5.74) is 0.778. The van der Waals surface area contributed by atoms with Crippen LogP contribution in [0.1, 0.15) is 0 Å². The van der Waals surface area contributed by atoms with Gasteiger partial charge in [-0.05, 0) is 6.07 Å². The van der Waals surface area contributed by atoms with Crippen molar-refractivity contribution in [1.29, 1.82) is 0 Å². The van der Waals surface area contributed by atoms with Gasteiger partial charge in [-0.2, -0.15) is 0 Å². The van der Waals surface area contributed by atoms with Crippen LogP contribution in [0.15, 0.2) is 30.5 Å². The van der Waals surface area contributed by atoms with E-state index in [1.165, 1.54) is 12.3 Å². The molecule has 0 atom stereocenters.